The molecule has 1 fully saturated rings. The predicted molar refractivity (Wildman–Crippen MR) is 93.4 cm³/mol. The van der Waals surface area contributed by atoms with Crippen molar-refractivity contribution in [2.45, 2.75) is 31.8 Å². The lowest BCUT2D eigenvalue weighted by Gasteiger charge is -2.18. The fourth-order valence-electron chi connectivity index (χ4n) is 2.97. The number of benzene rings is 1. The van der Waals surface area contributed by atoms with Crippen molar-refractivity contribution in [1.29, 1.82) is 0 Å². The van der Waals surface area contributed by atoms with E-state index >= 15 is 0 Å². The van der Waals surface area contributed by atoms with Gasteiger partial charge in [-0.15, -0.1) is 0 Å². The van der Waals surface area contributed by atoms with Gasteiger partial charge in [-0.2, -0.15) is 0 Å². The summed E-state index contributed by atoms with van der Waals surface area (Å²) >= 11 is 0. The molecule has 1 saturated heterocycles. The van der Waals surface area contributed by atoms with E-state index in [1.165, 1.54) is 0 Å². The summed E-state index contributed by atoms with van der Waals surface area (Å²) in [5.74, 6) is 0.694. The summed E-state index contributed by atoms with van der Waals surface area (Å²) in [6.07, 6.45) is 6.82. The number of nitrogens with zero attached hydrogens (tertiary/aromatic N) is 3. The highest BCUT2D eigenvalue weighted by Gasteiger charge is 2.31. The summed E-state index contributed by atoms with van der Waals surface area (Å²) in [6, 6.07) is 7.23. The zero-order valence-electron chi connectivity index (χ0n) is 14.2. The summed E-state index contributed by atoms with van der Waals surface area (Å²) in [6.45, 7) is 1.24. The molecule has 1 atom stereocenters. The number of rotatable bonds is 7. The van der Waals surface area contributed by atoms with Crippen molar-refractivity contribution in [2.75, 3.05) is 18.6 Å². The largest absolute Gasteiger partial charge is 0.497 e. The van der Waals surface area contributed by atoms with Gasteiger partial charge in [0, 0.05) is 50.1 Å². The lowest BCUT2D eigenvalue weighted by molar-refractivity contribution is -0.121. The number of imidazole rings is 1. The number of nitrogens with one attached hydrogen (secondary N) is 1. The van der Waals surface area contributed by atoms with Crippen LogP contribution in [0.15, 0.2) is 43.0 Å². The van der Waals surface area contributed by atoms with Crippen LogP contribution in [0.3, 0.4) is 0 Å². The number of carbonyl (C=O) groups excluding carboxylic acids is 2. The maximum Gasteiger partial charge on any atom is 0.229 e. The normalized spacial score (nSPS) is 16.9. The summed E-state index contributed by atoms with van der Waals surface area (Å²) in [5.41, 5.74) is 0.793. The van der Waals surface area contributed by atoms with Gasteiger partial charge in [0.05, 0.1) is 19.5 Å². The van der Waals surface area contributed by atoms with Crippen LogP contribution < -0.4 is 15.0 Å². The lowest BCUT2D eigenvalue weighted by atomic mass is 10.2. The highest BCUT2D eigenvalue weighted by Crippen LogP contribution is 2.25. The first-order valence-electron chi connectivity index (χ1n) is 8.35. The molecule has 0 radical (unpaired) electrons. The van der Waals surface area contributed by atoms with Crippen molar-refractivity contribution in [1.82, 2.24) is 14.9 Å². The van der Waals surface area contributed by atoms with E-state index in [9.17, 15) is 9.59 Å². The van der Waals surface area contributed by atoms with Crippen LogP contribution in [-0.2, 0) is 16.1 Å². The van der Waals surface area contributed by atoms with E-state index in [2.05, 4.69) is 10.3 Å². The highest BCUT2D eigenvalue weighted by molar-refractivity contribution is 5.97. The first-order chi connectivity index (χ1) is 12.2. The molecule has 2 heterocycles. The summed E-state index contributed by atoms with van der Waals surface area (Å²) in [4.78, 5) is 30.0. The first-order valence-corrected chi connectivity index (χ1v) is 8.35. The Labute approximate surface area is 146 Å². The van der Waals surface area contributed by atoms with Crippen LogP contribution in [0.2, 0.25) is 0 Å². The molecule has 0 aliphatic carbocycles. The van der Waals surface area contributed by atoms with Crippen LogP contribution in [-0.4, -0.2) is 41.1 Å². The van der Waals surface area contributed by atoms with Crippen LogP contribution in [0.4, 0.5) is 5.69 Å². The molecule has 7 nitrogen and oxygen atoms in total. The number of anilines is 1. The van der Waals surface area contributed by atoms with E-state index in [4.69, 9.17) is 4.74 Å². The van der Waals surface area contributed by atoms with Crippen molar-refractivity contribution >= 4 is 17.5 Å². The molecule has 1 aromatic heterocycles. The minimum absolute atomic E-state index is 0.0111. The summed E-state index contributed by atoms with van der Waals surface area (Å²) in [7, 11) is 1.59. The minimum atomic E-state index is -0.153. The number of aryl methyl sites for hydroxylation is 1. The molecule has 2 aromatic rings. The van der Waals surface area contributed by atoms with E-state index < -0.39 is 0 Å². The second kappa shape index (κ2) is 7.83. The maximum atomic E-state index is 12.3. The van der Waals surface area contributed by atoms with E-state index in [-0.39, 0.29) is 17.9 Å². The Morgan fingerprint density at radius 2 is 2.32 bits per heavy atom. The molecular formula is C18H22N4O3. The molecule has 1 aromatic carbocycles. The van der Waals surface area contributed by atoms with E-state index in [1.54, 1.807) is 24.5 Å². The molecule has 25 heavy (non-hydrogen) atoms. The summed E-state index contributed by atoms with van der Waals surface area (Å²) < 4.78 is 7.14. The van der Waals surface area contributed by atoms with Crippen molar-refractivity contribution in [3.63, 3.8) is 0 Å². The molecular weight excluding hydrogens is 320 g/mol. The molecule has 1 unspecified atom stereocenters. The van der Waals surface area contributed by atoms with Crippen LogP contribution >= 0.6 is 0 Å². The van der Waals surface area contributed by atoms with Gasteiger partial charge in [-0.3, -0.25) is 9.59 Å². The van der Waals surface area contributed by atoms with Gasteiger partial charge < -0.3 is 19.5 Å². The number of methoxy groups -OCH3 is 1. The molecule has 7 heteroatoms. The highest BCUT2D eigenvalue weighted by atomic mass is 16.5. The van der Waals surface area contributed by atoms with E-state index in [0.717, 1.165) is 18.7 Å². The second-order valence-electron chi connectivity index (χ2n) is 6.08. The van der Waals surface area contributed by atoms with E-state index in [0.29, 0.717) is 25.1 Å². The van der Waals surface area contributed by atoms with Crippen molar-refractivity contribution in [3.8, 4) is 5.75 Å². The van der Waals surface area contributed by atoms with Crippen LogP contribution in [0, 0.1) is 0 Å². The van der Waals surface area contributed by atoms with Crippen LogP contribution in [0.1, 0.15) is 19.3 Å². The molecule has 0 spiro atoms. The Morgan fingerprint density at radius 3 is 3.08 bits per heavy atom. The topological polar surface area (TPSA) is 76.5 Å². The molecule has 3 rings (SSSR count). The monoisotopic (exact) mass is 342 g/mol. The Kier molecular flexibility index (Phi) is 5.33. The fraction of sp³-hybridized carbons (Fsp3) is 0.389. The Bertz CT molecular complexity index is 730. The predicted octanol–water partition coefficient (Wildman–Crippen LogP) is 1.59. The quantitative estimate of drug-likeness (QED) is 0.829. The van der Waals surface area contributed by atoms with Gasteiger partial charge in [-0.05, 0) is 18.6 Å². The van der Waals surface area contributed by atoms with Crippen molar-refractivity contribution < 1.29 is 14.3 Å². The average molecular weight is 342 g/mol. The molecule has 0 saturated carbocycles. The standard InChI is InChI=1S/C18H22N4O3/c1-25-16-5-2-4-15(11-16)22-12-14(10-18(22)24)20-17(23)6-3-8-21-9-7-19-13-21/h2,4-5,7,9,11,13-14H,3,6,8,10,12H2,1H3,(H,20,23). The lowest BCUT2D eigenvalue weighted by Crippen LogP contribution is -2.37. The fourth-order valence-corrected chi connectivity index (χ4v) is 2.97. The number of carbonyl (C=O) groups is 2. The first kappa shape index (κ1) is 17.0. The van der Waals surface area contributed by atoms with Gasteiger partial charge in [0.1, 0.15) is 5.75 Å². The van der Waals surface area contributed by atoms with Crippen LogP contribution in [0.25, 0.3) is 0 Å². The van der Waals surface area contributed by atoms with Crippen molar-refractivity contribution in [2.24, 2.45) is 0 Å². The number of hydrogen-bond donors (Lipinski definition) is 1. The Balaban J connectivity index is 1.49. The SMILES string of the molecule is COc1cccc(N2CC(NC(=O)CCCn3ccnc3)CC2=O)c1. The Hall–Kier alpha value is -2.83. The van der Waals surface area contributed by atoms with Gasteiger partial charge in [0.15, 0.2) is 0 Å². The zero-order chi connectivity index (χ0) is 17.6. The minimum Gasteiger partial charge on any atom is -0.497 e. The van der Waals surface area contributed by atoms with Gasteiger partial charge in [-0.25, -0.2) is 4.98 Å². The van der Waals surface area contributed by atoms with E-state index in [1.807, 2.05) is 35.0 Å². The third-order valence-corrected chi connectivity index (χ3v) is 4.23. The van der Waals surface area contributed by atoms with Crippen LogP contribution in [0.5, 0.6) is 5.75 Å². The third-order valence-electron chi connectivity index (χ3n) is 4.23. The summed E-state index contributed by atoms with van der Waals surface area (Å²) in [5, 5.41) is 2.96. The van der Waals surface area contributed by atoms with Gasteiger partial charge >= 0.3 is 0 Å². The van der Waals surface area contributed by atoms with Gasteiger partial charge in [-0.1, -0.05) is 6.07 Å². The molecule has 1 aliphatic rings. The average Bonchev–Trinajstić information content (AvgIpc) is 3.24. The van der Waals surface area contributed by atoms with Gasteiger partial charge in [0.25, 0.3) is 0 Å². The molecule has 0 bridgehead atoms. The number of aromatic nitrogens is 2. The Morgan fingerprint density at radius 1 is 1.44 bits per heavy atom. The van der Waals surface area contributed by atoms with Gasteiger partial charge in [0.2, 0.25) is 11.8 Å². The molecule has 1 aliphatic heterocycles. The number of amides is 2. The zero-order valence-corrected chi connectivity index (χ0v) is 14.2. The molecule has 1 N–H and O–H groups in total. The number of hydrogen-bond acceptors (Lipinski definition) is 4. The smallest absolute Gasteiger partial charge is 0.229 e. The second-order valence-corrected chi connectivity index (χ2v) is 6.08. The number of ether oxygens (including phenoxy) is 1. The third kappa shape index (κ3) is 4.37. The maximum absolute atomic E-state index is 12.3. The molecule has 132 valence electrons. The molecule has 2 amide bonds. The van der Waals surface area contributed by atoms with Crippen molar-refractivity contribution in [3.05, 3.63) is 43.0 Å².